The van der Waals surface area contributed by atoms with Crippen molar-refractivity contribution in [2.45, 2.75) is 19.5 Å². The van der Waals surface area contributed by atoms with Gasteiger partial charge in [0, 0.05) is 76.7 Å². The molecule has 1 amide bonds. The SMILES string of the molecule is O=C(CCn1ccnc1-c1ccccc1)NCCN1CCN(Cc2ccccc2)CC1. The quantitative estimate of drug-likeness (QED) is 0.582. The monoisotopic (exact) mass is 417 g/mol. The molecule has 2 aromatic carbocycles. The maximum absolute atomic E-state index is 12.3. The van der Waals surface area contributed by atoms with Gasteiger partial charge in [-0.1, -0.05) is 60.7 Å². The van der Waals surface area contributed by atoms with Crippen LogP contribution in [-0.2, 0) is 17.9 Å². The van der Waals surface area contributed by atoms with Gasteiger partial charge < -0.3 is 9.88 Å². The van der Waals surface area contributed by atoms with E-state index in [-0.39, 0.29) is 5.91 Å². The topological polar surface area (TPSA) is 53.4 Å². The highest BCUT2D eigenvalue weighted by atomic mass is 16.1. The van der Waals surface area contributed by atoms with Gasteiger partial charge in [-0.15, -0.1) is 0 Å². The lowest BCUT2D eigenvalue weighted by Crippen LogP contribution is -2.48. The molecule has 0 atom stereocenters. The number of imidazole rings is 1. The Morgan fingerprint density at radius 1 is 0.871 bits per heavy atom. The lowest BCUT2D eigenvalue weighted by Gasteiger charge is -2.34. The molecule has 1 aliphatic heterocycles. The summed E-state index contributed by atoms with van der Waals surface area (Å²) in [7, 11) is 0. The molecule has 6 heteroatoms. The Labute approximate surface area is 184 Å². The van der Waals surface area contributed by atoms with Gasteiger partial charge >= 0.3 is 0 Å². The molecule has 1 aromatic heterocycles. The number of carbonyl (C=O) groups excluding carboxylic acids is 1. The van der Waals surface area contributed by atoms with Crippen molar-refractivity contribution in [1.82, 2.24) is 24.7 Å². The molecule has 0 saturated carbocycles. The van der Waals surface area contributed by atoms with Crippen LogP contribution in [0.1, 0.15) is 12.0 Å². The Kier molecular flexibility index (Phi) is 7.47. The maximum Gasteiger partial charge on any atom is 0.221 e. The summed E-state index contributed by atoms with van der Waals surface area (Å²) in [4.78, 5) is 21.7. The van der Waals surface area contributed by atoms with Gasteiger partial charge in [0.15, 0.2) is 0 Å². The Hall–Kier alpha value is -2.96. The molecule has 0 aliphatic carbocycles. The fourth-order valence-electron chi connectivity index (χ4n) is 4.01. The van der Waals surface area contributed by atoms with E-state index < -0.39 is 0 Å². The summed E-state index contributed by atoms with van der Waals surface area (Å²) in [6.45, 7) is 7.52. The van der Waals surface area contributed by atoms with Crippen LogP contribution >= 0.6 is 0 Å². The first kappa shape index (κ1) is 21.3. The Morgan fingerprint density at radius 2 is 1.55 bits per heavy atom. The first-order valence-corrected chi connectivity index (χ1v) is 11.1. The largest absolute Gasteiger partial charge is 0.355 e. The summed E-state index contributed by atoms with van der Waals surface area (Å²) in [6, 6.07) is 20.7. The summed E-state index contributed by atoms with van der Waals surface area (Å²) >= 11 is 0. The second-order valence-electron chi connectivity index (χ2n) is 8.01. The van der Waals surface area contributed by atoms with Crippen molar-refractivity contribution in [2.24, 2.45) is 0 Å². The van der Waals surface area contributed by atoms with E-state index in [9.17, 15) is 4.79 Å². The minimum absolute atomic E-state index is 0.0930. The summed E-state index contributed by atoms with van der Waals surface area (Å²) < 4.78 is 2.04. The second kappa shape index (κ2) is 10.9. The third-order valence-corrected chi connectivity index (χ3v) is 5.79. The molecule has 1 aliphatic rings. The number of nitrogens with zero attached hydrogens (tertiary/aromatic N) is 4. The maximum atomic E-state index is 12.3. The van der Waals surface area contributed by atoms with Crippen LogP contribution in [0.25, 0.3) is 11.4 Å². The lowest BCUT2D eigenvalue weighted by molar-refractivity contribution is -0.121. The van der Waals surface area contributed by atoms with Gasteiger partial charge in [0.05, 0.1) is 0 Å². The molecular formula is C25H31N5O. The van der Waals surface area contributed by atoms with Gasteiger partial charge in [0.2, 0.25) is 5.91 Å². The van der Waals surface area contributed by atoms with Crippen LogP contribution in [0.4, 0.5) is 0 Å². The highest BCUT2D eigenvalue weighted by Crippen LogP contribution is 2.17. The molecule has 1 fully saturated rings. The molecule has 162 valence electrons. The highest BCUT2D eigenvalue weighted by molar-refractivity contribution is 5.75. The zero-order chi connectivity index (χ0) is 21.3. The van der Waals surface area contributed by atoms with Gasteiger partial charge in [-0.2, -0.15) is 0 Å². The van der Waals surface area contributed by atoms with E-state index >= 15 is 0 Å². The lowest BCUT2D eigenvalue weighted by atomic mass is 10.2. The zero-order valence-corrected chi connectivity index (χ0v) is 18.0. The van der Waals surface area contributed by atoms with Gasteiger partial charge in [-0.25, -0.2) is 4.98 Å². The van der Waals surface area contributed by atoms with Crippen molar-refractivity contribution in [3.63, 3.8) is 0 Å². The summed E-state index contributed by atoms with van der Waals surface area (Å²) in [6.07, 6.45) is 4.18. The highest BCUT2D eigenvalue weighted by Gasteiger charge is 2.16. The van der Waals surface area contributed by atoms with E-state index in [1.54, 1.807) is 6.20 Å². The van der Waals surface area contributed by atoms with Crippen LogP contribution in [0.3, 0.4) is 0 Å². The number of rotatable bonds is 9. The van der Waals surface area contributed by atoms with Crippen LogP contribution in [0.5, 0.6) is 0 Å². The smallest absolute Gasteiger partial charge is 0.221 e. The van der Waals surface area contributed by atoms with E-state index in [0.717, 1.165) is 50.7 Å². The first-order chi connectivity index (χ1) is 15.3. The molecular weight excluding hydrogens is 386 g/mol. The van der Waals surface area contributed by atoms with Gasteiger partial charge in [0.25, 0.3) is 0 Å². The molecule has 0 radical (unpaired) electrons. The average Bonchev–Trinajstić information content (AvgIpc) is 3.29. The normalized spacial score (nSPS) is 15.1. The fraction of sp³-hybridized carbons (Fsp3) is 0.360. The predicted octanol–water partition coefficient (Wildman–Crippen LogP) is 2.87. The molecule has 4 rings (SSSR count). The Bertz CT molecular complexity index is 933. The summed E-state index contributed by atoms with van der Waals surface area (Å²) in [5.41, 5.74) is 2.44. The zero-order valence-electron chi connectivity index (χ0n) is 18.0. The van der Waals surface area contributed by atoms with Crippen molar-refractivity contribution in [3.8, 4) is 11.4 Å². The molecule has 0 bridgehead atoms. The number of hydrogen-bond donors (Lipinski definition) is 1. The van der Waals surface area contributed by atoms with Crippen molar-refractivity contribution < 1.29 is 4.79 Å². The number of benzene rings is 2. The van der Waals surface area contributed by atoms with E-state index in [4.69, 9.17) is 0 Å². The van der Waals surface area contributed by atoms with Crippen LogP contribution in [0.2, 0.25) is 0 Å². The molecule has 0 spiro atoms. The minimum atomic E-state index is 0.0930. The first-order valence-electron chi connectivity index (χ1n) is 11.1. The van der Waals surface area contributed by atoms with Gasteiger partial charge in [0.1, 0.15) is 5.82 Å². The number of hydrogen-bond acceptors (Lipinski definition) is 4. The molecule has 3 aromatic rings. The molecule has 1 saturated heterocycles. The summed E-state index contributed by atoms with van der Waals surface area (Å²) in [5.74, 6) is 0.997. The van der Waals surface area contributed by atoms with Crippen LogP contribution in [0, 0.1) is 0 Å². The molecule has 31 heavy (non-hydrogen) atoms. The van der Waals surface area contributed by atoms with E-state index in [0.29, 0.717) is 19.5 Å². The third kappa shape index (κ3) is 6.26. The van der Waals surface area contributed by atoms with Crippen LogP contribution < -0.4 is 5.32 Å². The number of aromatic nitrogens is 2. The van der Waals surface area contributed by atoms with Crippen LogP contribution in [0.15, 0.2) is 73.1 Å². The molecule has 6 nitrogen and oxygen atoms in total. The molecule has 0 unspecified atom stereocenters. The number of amides is 1. The predicted molar refractivity (Wildman–Crippen MR) is 123 cm³/mol. The standard InChI is InChI=1S/C25H31N5O/c31-24(11-14-30-16-13-27-25(30)23-9-5-2-6-10-23)26-12-15-28-17-19-29(20-18-28)21-22-7-3-1-4-8-22/h1-10,13,16H,11-12,14-15,17-21H2,(H,26,31). The van der Waals surface area contributed by atoms with Crippen LogP contribution in [-0.4, -0.2) is 64.5 Å². The van der Waals surface area contributed by atoms with Crippen molar-refractivity contribution in [3.05, 3.63) is 78.6 Å². The van der Waals surface area contributed by atoms with Crippen molar-refractivity contribution >= 4 is 5.91 Å². The summed E-state index contributed by atoms with van der Waals surface area (Å²) in [5, 5.41) is 3.07. The van der Waals surface area contributed by atoms with Gasteiger partial charge in [-0.3, -0.25) is 14.6 Å². The van der Waals surface area contributed by atoms with E-state index in [1.165, 1.54) is 5.56 Å². The number of piperazine rings is 1. The number of carbonyl (C=O) groups is 1. The third-order valence-electron chi connectivity index (χ3n) is 5.79. The second-order valence-corrected chi connectivity index (χ2v) is 8.01. The Morgan fingerprint density at radius 3 is 2.29 bits per heavy atom. The fourth-order valence-corrected chi connectivity index (χ4v) is 4.01. The molecule has 2 heterocycles. The van der Waals surface area contributed by atoms with Gasteiger partial charge in [-0.05, 0) is 5.56 Å². The Balaban J connectivity index is 1.13. The minimum Gasteiger partial charge on any atom is -0.355 e. The van der Waals surface area contributed by atoms with Crippen molar-refractivity contribution in [2.75, 3.05) is 39.3 Å². The van der Waals surface area contributed by atoms with E-state index in [2.05, 4.69) is 50.4 Å². The number of nitrogens with one attached hydrogen (secondary N) is 1. The van der Waals surface area contributed by atoms with E-state index in [1.807, 2.05) is 41.1 Å². The number of aryl methyl sites for hydroxylation is 1. The molecule has 1 N–H and O–H groups in total. The van der Waals surface area contributed by atoms with Crippen molar-refractivity contribution in [1.29, 1.82) is 0 Å². The average molecular weight is 418 g/mol.